The molecule has 25 heavy (non-hydrogen) atoms. The second-order valence-corrected chi connectivity index (χ2v) is 7.15. The van der Waals surface area contributed by atoms with Crippen LogP contribution in [-0.2, 0) is 20.3 Å². The molecule has 2 rings (SSSR count). The number of carbonyl (C=O) groups excluding carboxylic acids is 2. The number of amides is 1. The van der Waals surface area contributed by atoms with E-state index >= 15 is 0 Å². The number of hydrogen-bond acceptors (Lipinski definition) is 4. The van der Waals surface area contributed by atoms with Crippen molar-refractivity contribution < 1.29 is 18.5 Å². The Kier molecular flexibility index (Phi) is 6.09. The van der Waals surface area contributed by atoms with Crippen LogP contribution < -0.4 is 5.32 Å². The fourth-order valence-corrected chi connectivity index (χ4v) is 3.08. The molecule has 0 spiro atoms. The highest BCUT2D eigenvalue weighted by molar-refractivity contribution is 7.84. The van der Waals surface area contributed by atoms with Crippen LogP contribution >= 0.6 is 0 Å². The molecule has 132 valence electrons. The molecular formula is C19H21NO4S. The number of esters is 1. The molecule has 0 radical (unpaired) electrons. The van der Waals surface area contributed by atoms with Gasteiger partial charge in [0.05, 0.1) is 21.3 Å². The van der Waals surface area contributed by atoms with Crippen molar-refractivity contribution in [3.8, 4) is 0 Å². The summed E-state index contributed by atoms with van der Waals surface area (Å²) < 4.78 is 17.0. The van der Waals surface area contributed by atoms with Crippen molar-refractivity contribution in [2.75, 3.05) is 11.6 Å². The number of benzene rings is 2. The van der Waals surface area contributed by atoms with Crippen molar-refractivity contribution in [3.63, 3.8) is 0 Å². The van der Waals surface area contributed by atoms with E-state index in [0.717, 1.165) is 11.1 Å². The van der Waals surface area contributed by atoms with Crippen molar-refractivity contribution in [3.05, 3.63) is 59.2 Å². The Balaban J connectivity index is 2.08. The van der Waals surface area contributed by atoms with Crippen LogP contribution in [-0.4, -0.2) is 28.4 Å². The van der Waals surface area contributed by atoms with Gasteiger partial charge < -0.3 is 10.1 Å². The van der Waals surface area contributed by atoms with Gasteiger partial charge in [-0.05, 0) is 44.5 Å². The average Bonchev–Trinajstić information content (AvgIpc) is 2.57. The molecule has 0 fully saturated rings. The van der Waals surface area contributed by atoms with Crippen LogP contribution in [0.3, 0.4) is 0 Å². The summed E-state index contributed by atoms with van der Waals surface area (Å²) in [6.45, 7) is 5.37. The summed E-state index contributed by atoms with van der Waals surface area (Å²) in [5.41, 5.74) is 2.90. The van der Waals surface area contributed by atoms with Crippen molar-refractivity contribution in [1.29, 1.82) is 0 Å². The van der Waals surface area contributed by atoms with E-state index in [1.165, 1.54) is 19.2 Å². The molecule has 0 aliphatic carbocycles. The van der Waals surface area contributed by atoms with Gasteiger partial charge in [0.15, 0.2) is 6.10 Å². The maximum absolute atomic E-state index is 12.3. The Morgan fingerprint density at radius 1 is 1.12 bits per heavy atom. The van der Waals surface area contributed by atoms with E-state index in [0.29, 0.717) is 10.6 Å². The summed E-state index contributed by atoms with van der Waals surface area (Å²) in [6.07, 6.45) is 0.508. The lowest BCUT2D eigenvalue weighted by molar-refractivity contribution is -0.123. The Morgan fingerprint density at radius 3 is 2.44 bits per heavy atom. The summed E-state index contributed by atoms with van der Waals surface area (Å²) >= 11 is 0. The molecule has 0 saturated carbocycles. The highest BCUT2D eigenvalue weighted by atomic mass is 32.2. The largest absolute Gasteiger partial charge is 0.449 e. The van der Waals surface area contributed by atoms with E-state index in [-0.39, 0.29) is 5.56 Å². The Labute approximate surface area is 149 Å². The summed E-state index contributed by atoms with van der Waals surface area (Å²) in [6, 6.07) is 12.2. The maximum Gasteiger partial charge on any atom is 0.340 e. The quantitative estimate of drug-likeness (QED) is 0.832. The Bertz CT molecular complexity index is 832. The molecule has 2 aromatic carbocycles. The first-order valence-electron chi connectivity index (χ1n) is 7.81. The molecule has 2 aromatic rings. The first kappa shape index (κ1) is 18.9. The topological polar surface area (TPSA) is 72.5 Å². The molecule has 0 bridgehead atoms. The Hall–Kier alpha value is -2.47. The number of hydrogen-bond donors (Lipinski definition) is 1. The Morgan fingerprint density at radius 2 is 1.80 bits per heavy atom. The third kappa shape index (κ3) is 4.76. The lowest BCUT2D eigenvalue weighted by Gasteiger charge is -2.15. The van der Waals surface area contributed by atoms with Crippen LogP contribution in [0, 0.1) is 13.8 Å². The first-order chi connectivity index (χ1) is 11.8. The molecular weight excluding hydrogens is 338 g/mol. The monoisotopic (exact) mass is 359 g/mol. The highest BCUT2D eigenvalue weighted by Crippen LogP contribution is 2.18. The molecule has 0 aromatic heterocycles. The van der Waals surface area contributed by atoms with Crippen molar-refractivity contribution >= 4 is 28.4 Å². The van der Waals surface area contributed by atoms with Gasteiger partial charge in [0, 0.05) is 11.9 Å². The predicted molar refractivity (Wildman–Crippen MR) is 98.2 cm³/mol. The number of ether oxygens (including phenoxy) is 1. The second-order valence-electron chi connectivity index (χ2n) is 5.81. The van der Waals surface area contributed by atoms with Crippen molar-refractivity contribution in [2.45, 2.75) is 31.8 Å². The summed E-state index contributed by atoms with van der Waals surface area (Å²) in [5, 5.41) is 2.76. The molecule has 1 N–H and O–H groups in total. The van der Waals surface area contributed by atoms with Crippen LogP contribution in [0.4, 0.5) is 5.69 Å². The number of anilines is 1. The highest BCUT2D eigenvalue weighted by Gasteiger charge is 2.22. The zero-order chi connectivity index (χ0) is 18.6. The molecule has 2 atom stereocenters. The van der Waals surface area contributed by atoms with E-state index in [4.69, 9.17) is 4.74 Å². The van der Waals surface area contributed by atoms with Gasteiger partial charge in [-0.15, -0.1) is 0 Å². The molecule has 0 heterocycles. The third-order valence-electron chi connectivity index (χ3n) is 3.71. The normalized spacial score (nSPS) is 13.0. The minimum Gasteiger partial charge on any atom is -0.449 e. The smallest absolute Gasteiger partial charge is 0.340 e. The van der Waals surface area contributed by atoms with E-state index in [1.807, 2.05) is 32.0 Å². The van der Waals surface area contributed by atoms with Gasteiger partial charge in [0.2, 0.25) is 0 Å². The molecule has 0 aliphatic heterocycles. The predicted octanol–water partition coefficient (Wildman–Crippen LogP) is 3.22. The molecule has 6 heteroatoms. The van der Waals surface area contributed by atoms with Gasteiger partial charge >= 0.3 is 5.97 Å². The van der Waals surface area contributed by atoms with Crippen molar-refractivity contribution in [1.82, 2.24) is 0 Å². The van der Waals surface area contributed by atoms with Crippen LogP contribution in [0.5, 0.6) is 0 Å². The number of rotatable bonds is 5. The van der Waals surface area contributed by atoms with Gasteiger partial charge in [0.1, 0.15) is 0 Å². The van der Waals surface area contributed by atoms with Gasteiger partial charge in [-0.25, -0.2) is 4.79 Å². The summed E-state index contributed by atoms with van der Waals surface area (Å²) in [5.74, 6) is -1.09. The number of carbonyl (C=O) groups is 2. The van der Waals surface area contributed by atoms with E-state index in [9.17, 15) is 13.8 Å². The van der Waals surface area contributed by atoms with E-state index < -0.39 is 28.8 Å². The van der Waals surface area contributed by atoms with Crippen LogP contribution in [0.2, 0.25) is 0 Å². The van der Waals surface area contributed by atoms with E-state index in [1.54, 1.807) is 18.2 Å². The van der Waals surface area contributed by atoms with Gasteiger partial charge in [-0.1, -0.05) is 29.8 Å². The van der Waals surface area contributed by atoms with Gasteiger partial charge in [-0.3, -0.25) is 9.00 Å². The molecule has 5 nitrogen and oxygen atoms in total. The summed E-state index contributed by atoms with van der Waals surface area (Å²) in [7, 11) is -1.32. The van der Waals surface area contributed by atoms with Gasteiger partial charge in [0.25, 0.3) is 5.91 Å². The lowest BCUT2D eigenvalue weighted by Crippen LogP contribution is -2.30. The van der Waals surface area contributed by atoms with E-state index in [2.05, 4.69) is 5.32 Å². The van der Waals surface area contributed by atoms with Crippen LogP contribution in [0.1, 0.15) is 28.4 Å². The lowest BCUT2D eigenvalue weighted by atomic mass is 10.1. The fraction of sp³-hybridized carbons (Fsp3) is 0.263. The number of aryl methyl sites for hydroxylation is 2. The first-order valence-corrected chi connectivity index (χ1v) is 9.37. The molecule has 0 aliphatic rings. The summed E-state index contributed by atoms with van der Waals surface area (Å²) in [4.78, 5) is 25.0. The number of nitrogens with one attached hydrogen (secondary N) is 1. The van der Waals surface area contributed by atoms with Crippen molar-refractivity contribution in [2.24, 2.45) is 0 Å². The molecule has 1 amide bonds. The SMILES string of the molecule is Cc1ccc(NC(=O)[C@@H](C)OC(=O)c2ccccc2[S@](C)=O)c(C)c1. The molecule has 0 saturated heterocycles. The minimum absolute atomic E-state index is 0.203. The fourth-order valence-electron chi connectivity index (χ4n) is 2.35. The standard InChI is InChI=1S/C19H21NO4S/c1-12-9-10-16(13(2)11-12)20-18(21)14(3)24-19(22)15-7-5-6-8-17(15)25(4)23/h5-11,14H,1-4H3,(H,20,21)/t14-,25+/m1/s1. The van der Waals surface area contributed by atoms with Gasteiger partial charge in [-0.2, -0.15) is 0 Å². The second kappa shape index (κ2) is 8.07. The average molecular weight is 359 g/mol. The molecule has 0 unspecified atom stereocenters. The zero-order valence-electron chi connectivity index (χ0n) is 14.7. The van der Waals surface area contributed by atoms with Crippen LogP contribution in [0.15, 0.2) is 47.4 Å². The van der Waals surface area contributed by atoms with Crippen LogP contribution in [0.25, 0.3) is 0 Å². The zero-order valence-corrected chi connectivity index (χ0v) is 15.5. The third-order valence-corrected chi connectivity index (χ3v) is 4.68. The minimum atomic E-state index is -1.32. The maximum atomic E-state index is 12.3.